The van der Waals surface area contributed by atoms with E-state index in [1.165, 1.54) is 0 Å². The Morgan fingerprint density at radius 2 is 1.68 bits per heavy atom. The molecule has 0 aliphatic heterocycles. The van der Waals surface area contributed by atoms with E-state index in [1.54, 1.807) is 0 Å². The van der Waals surface area contributed by atoms with Crippen molar-refractivity contribution in [3.8, 4) is 11.4 Å². The maximum absolute atomic E-state index is 6.26. The third kappa shape index (κ3) is 2.53. The summed E-state index contributed by atoms with van der Waals surface area (Å²) in [5, 5.41) is 1.27. The van der Waals surface area contributed by atoms with Crippen LogP contribution in [0, 0.1) is 0 Å². The number of rotatable bonds is 1. The lowest BCUT2D eigenvalue weighted by Gasteiger charge is -2.06. The molecular formula is C14H7Br2ClN2. The molecule has 0 N–H and O–H groups in total. The fraction of sp³-hybridized carbons (Fsp3) is 0. The smallest absolute Gasteiger partial charge is 0.161 e. The van der Waals surface area contributed by atoms with E-state index in [1.807, 2.05) is 42.5 Å². The van der Waals surface area contributed by atoms with Crippen LogP contribution in [-0.4, -0.2) is 9.97 Å². The van der Waals surface area contributed by atoms with Crippen molar-refractivity contribution in [1.82, 2.24) is 9.97 Å². The van der Waals surface area contributed by atoms with E-state index in [4.69, 9.17) is 11.6 Å². The van der Waals surface area contributed by atoms with Gasteiger partial charge in [-0.05, 0) is 28.1 Å². The minimum Gasteiger partial charge on any atom is -0.227 e. The molecule has 0 bridgehead atoms. The van der Waals surface area contributed by atoms with Crippen LogP contribution in [0.4, 0.5) is 0 Å². The fourth-order valence-electron chi connectivity index (χ4n) is 1.84. The highest BCUT2D eigenvalue weighted by atomic mass is 79.9. The van der Waals surface area contributed by atoms with Gasteiger partial charge in [-0.15, -0.1) is 0 Å². The van der Waals surface area contributed by atoms with Gasteiger partial charge in [0.05, 0.1) is 5.52 Å². The number of fused-ring (bicyclic) bond motifs is 1. The summed E-state index contributed by atoms with van der Waals surface area (Å²) < 4.78 is 1.82. The van der Waals surface area contributed by atoms with E-state index in [0.29, 0.717) is 11.0 Å². The van der Waals surface area contributed by atoms with Crippen LogP contribution in [0.2, 0.25) is 5.15 Å². The van der Waals surface area contributed by atoms with Gasteiger partial charge in [-0.1, -0.05) is 57.9 Å². The maximum atomic E-state index is 6.26. The van der Waals surface area contributed by atoms with Gasteiger partial charge in [0.1, 0.15) is 5.15 Å². The second-order valence-corrected chi connectivity index (χ2v) is 6.12. The molecule has 94 valence electrons. The molecule has 19 heavy (non-hydrogen) atoms. The second kappa shape index (κ2) is 5.19. The second-order valence-electron chi connectivity index (χ2n) is 3.99. The molecule has 0 unspecified atom stereocenters. The SMILES string of the molecule is Clc1nc(-c2ccccc2)nc2c(Br)cc(Br)cc12. The van der Waals surface area contributed by atoms with Crippen LogP contribution < -0.4 is 0 Å². The molecule has 5 heteroatoms. The summed E-state index contributed by atoms with van der Waals surface area (Å²) in [7, 11) is 0. The minimum absolute atomic E-state index is 0.450. The van der Waals surface area contributed by atoms with Crippen LogP contribution in [0.1, 0.15) is 0 Å². The van der Waals surface area contributed by atoms with Gasteiger partial charge in [-0.2, -0.15) is 0 Å². The molecule has 3 rings (SSSR count). The molecule has 3 aromatic rings. The number of nitrogens with zero attached hydrogens (tertiary/aromatic N) is 2. The third-order valence-corrected chi connectivity index (χ3v) is 4.05. The largest absolute Gasteiger partial charge is 0.227 e. The monoisotopic (exact) mass is 396 g/mol. The summed E-state index contributed by atoms with van der Waals surface area (Å²) in [6.07, 6.45) is 0. The van der Waals surface area contributed by atoms with Crippen molar-refractivity contribution in [2.75, 3.05) is 0 Å². The molecule has 0 saturated carbocycles. The van der Waals surface area contributed by atoms with Gasteiger partial charge in [0.25, 0.3) is 0 Å². The van der Waals surface area contributed by atoms with E-state index >= 15 is 0 Å². The van der Waals surface area contributed by atoms with Crippen molar-refractivity contribution < 1.29 is 0 Å². The number of hydrogen-bond acceptors (Lipinski definition) is 2. The van der Waals surface area contributed by atoms with Gasteiger partial charge in [0.2, 0.25) is 0 Å². The van der Waals surface area contributed by atoms with Crippen LogP contribution in [0.5, 0.6) is 0 Å². The van der Waals surface area contributed by atoms with Crippen LogP contribution in [0.3, 0.4) is 0 Å². The first-order valence-electron chi connectivity index (χ1n) is 5.53. The molecule has 0 fully saturated rings. The molecule has 2 nitrogen and oxygen atoms in total. The summed E-state index contributed by atoms with van der Waals surface area (Å²) in [5.41, 5.74) is 1.75. The Labute approximate surface area is 132 Å². The van der Waals surface area contributed by atoms with Gasteiger partial charge in [-0.3, -0.25) is 0 Å². The zero-order valence-electron chi connectivity index (χ0n) is 9.57. The summed E-state index contributed by atoms with van der Waals surface area (Å²) in [6, 6.07) is 13.6. The molecule has 0 amide bonds. The molecule has 0 spiro atoms. The molecule has 0 radical (unpaired) electrons. The predicted molar refractivity (Wildman–Crippen MR) is 85.4 cm³/mol. The van der Waals surface area contributed by atoms with Crippen LogP contribution in [-0.2, 0) is 0 Å². The first-order chi connectivity index (χ1) is 9.15. The number of halogens is 3. The Kier molecular flexibility index (Phi) is 3.56. The quantitative estimate of drug-likeness (QED) is 0.508. The maximum Gasteiger partial charge on any atom is 0.161 e. The van der Waals surface area contributed by atoms with E-state index in [9.17, 15) is 0 Å². The van der Waals surface area contributed by atoms with Gasteiger partial charge in [0, 0.05) is 19.9 Å². The van der Waals surface area contributed by atoms with Crippen molar-refractivity contribution in [2.24, 2.45) is 0 Å². The van der Waals surface area contributed by atoms with Gasteiger partial charge >= 0.3 is 0 Å². The first kappa shape index (κ1) is 13.0. The third-order valence-electron chi connectivity index (χ3n) is 2.70. The van der Waals surface area contributed by atoms with Crippen molar-refractivity contribution in [3.05, 3.63) is 56.6 Å². The Morgan fingerprint density at radius 3 is 2.42 bits per heavy atom. The summed E-state index contributed by atoms with van der Waals surface area (Å²) in [6.45, 7) is 0. The zero-order valence-corrected chi connectivity index (χ0v) is 13.5. The molecule has 1 heterocycles. The predicted octanol–water partition coefficient (Wildman–Crippen LogP) is 5.48. The molecule has 1 aromatic heterocycles. The number of benzene rings is 2. The van der Waals surface area contributed by atoms with Gasteiger partial charge in [0.15, 0.2) is 5.82 Å². The van der Waals surface area contributed by atoms with E-state index < -0.39 is 0 Å². The summed E-state index contributed by atoms with van der Waals surface area (Å²) in [4.78, 5) is 8.95. The van der Waals surface area contributed by atoms with E-state index in [-0.39, 0.29) is 0 Å². The lowest BCUT2D eigenvalue weighted by Crippen LogP contribution is -1.92. The highest BCUT2D eigenvalue weighted by molar-refractivity contribution is 9.11. The topological polar surface area (TPSA) is 25.8 Å². The molecule has 0 atom stereocenters. The van der Waals surface area contributed by atoms with Crippen molar-refractivity contribution in [3.63, 3.8) is 0 Å². The lowest BCUT2D eigenvalue weighted by atomic mass is 10.2. The van der Waals surface area contributed by atoms with Crippen LogP contribution in [0.25, 0.3) is 22.3 Å². The summed E-state index contributed by atoms with van der Waals surface area (Å²) >= 11 is 13.2. The minimum atomic E-state index is 0.450. The molecule has 0 aliphatic rings. The van der Waals surface area contributed by atoms with Gasteiger partial charge < -0.3 is 0 Å². The average molecular weight is 398 g/mol. The Bertz CT molecular complexity index is 760. The van der Waals surface area contributed by atoms with E-state index in [0.717, 1.165) is 25.4 Å². The standard InChI is InChI=1S/C14H7Br2ClN2/c15-9-6-10-12(11(16)7-9)18-14(19-13(10)17)8-4-2-1-3-5-8/h1-7H. The Hall–Kier alpha value is -0.970. The fourth-order valence-corrected chi connectivity index (χ4v) is 3.38. The highest BCUT2D eigenvalue weighted by Gasteiger charge is 2.11. The normalized spacial score (nSPS) is 10.9. The molecule has 2 aromatic carbocycles. The van der Waals surface area contributed by atoms with Gasteiger partial charge in [-0.25, -0.2) is 9.97 Å². The van der Waals surface area contributed by atoms with Crippen molar-refractivity contribution in [1.29, 1.82) is 0 Å². The molecule has 0 saturated heterocycles. The highest BCUT2D eigenvalue weighted by Crippen LogP contribution is 2.32. The molecule has 0 aliphatic carbocycles. The zero-order chi connectivity index (χ0) is 13.4. The van der Waals surface area contributed by atoms with Crippen molar-refractivity contribution in [2.45, 2.75) is 0 Å². The Balaban J connectivity index is 2.31. The van der Waals surface area contributed by atoms with E-state index in [2.05, 4.69) is 41.8 Å². The van der Waals surface area contributed by atoms with Crippen LogP contribution in [0.15, 0.2) is 51.4 Å². The number of aromatic nitrogens is 2. The average Bonchev–Trinajstić information content (AvgIpc) is 2.41. The lowest BCUT2D eigenvalue weighted by molar-refractivity contribution is 1.22. The van der Waals surface area contributed by atoms with Crippen molar-refractivity contribution >= 4 is 54.4 Å². The van der Waals surface area contributed by atoms with Crippen LogP contribution >= 0.6 is 43.5 Å². The summed E-state index contributed by atoms with van der Waals surface area (Å²) in [5.74, 6) is 0.626. The number of hydrogen-bond donors (Lipinski definition) is 0. The molecular weight excluding hydrogens is 391 g/mol. The Morgan fingerprint density at radius 1 is 0.947 bits per heavy atom. The first-order valence-corrected chi connectivity index (χ1v) is 7.49.